The number of ether oxygens (including phenoxy) is 3. The molecule has 0 unspecified atom stereocenters. The van der Waals surface area contributed by atoms with E-state index in [2.05, 4.69) is 5.32 Å². The number of nitrogens with two attached hydrogens (primary N) is 1. The van der Waals surface area contributed by atoms with Gasteiger partial charge in [-0.15, -0.1) is 11.3 Å². The second-order valence-electron chi connectivity index (χ2n) is 7.04. The molecule has 0 radical (unpaired) electrons. The molecule has 2 amide bonds. The Balaban J connectivity index is 2.03. The first kappa shape index (κ1) is 24.7. The van der Waals surface area contributed by atoms with Crippen molar-refractivity contribution >= 4 is 33.8 Å². The first-order chi connectivity index (χ1) is 16.3. The average Bonchev–Trinajstić information content (AvgIpc) is 3.14. The lowest BCUT2D eigenvalue weighted by Crippen LogP contribution is -2.18. The summed E-state index contributed by atoms with van der Waals surface area (Å²) in [5.74, 6) is -1.29. The smallest absolute Gasteiger partial charge is 0.286 e. The summed E-state index contributed by atoms with van der Waals surface area (Å²) in [6.45, 7) is 2.19. The topological polar surface area (TPSA) is 143 Å². The first-order valence-electron chi connectivity index (χ1n) is 10.1. The minimum Gasteiger partial charge on any atom is -0.493 e. The molecule has 178 valence electrons. The van der Waals surface area contributed by atoms with Gasteiger partial charge in [0, 0.05) is 23.6 Å². The van der Waals surface area contributed by atoms with Crippen LogP contribution in [0.5, 0.6) is 11.5 Å². The number of carbonyl (C=O) groups excluding carboxylic acids is 2. The van der Waals surface area contributed by atoms with Crippen molar-refractivity contribution in [3.8, 4) is 22.6 Å². The Kier molecular flexibility index (Phi) is 7.82. The van der Waals surface area contributed by atoms with Crippen LogP contribution in [0.25, 0.3) is 11.1 Å². The lowest BCUT2D eigenvalue weighted by molar-refractivity contribution is -0.385. The molecule has 3 N–H and O–H groups in total. The van der Waals surface area contributed by atoms with Crippen LogP contribution >= 0.6 is 11.3 Å². The van der Waals surface area contributed by atoms with Crippen molar-refractivity contribution in [2.75, 3.05) is 32.8 Å². The number of nitrogens with one attached hydrogen (secondary N) is 1. The summed E-state index contributed by atoms with van der Waals surface area (Å²) < 4.78 is 15.7. The maximum Gasteiger partial charge on any atom is 0.286 e. The molecule has 3 aromatic rings. The van der Waals surface area contributed by atoms with Gasteiger partial charge in [-0.1, -0.05) is 30.3 Å². The molecule has 0 fully saturated rings. The summed E-state index contributed by atoms with van der Waals surface area (Å²) in [7, 11) is 2.85. The summed E-state index contributed by atoms with van der Waals surface area (Å²) in [4.78, 5) is 37.2. The zero-order valence-electron chi connectivity index (χ0n) is 18.7. The fraction of sp³-hybridized carbons (Fsp3) is 0.217. The molecule has 34 heavy (non-hydrogen) atoms. The van der Waals surface area contributed by atoms with Crippen molar-refractivity contribution in [1.29, 1.82) is 0 Å². The Morgan fingerprint density at radius 2 is 1.82 bits per heavy atom. The number of nitro benzene ring substituents is 1. The second-order valence-corrected chi connectivity index (χ2v) is 8.27. The lowest BCUT2D eigenvalue weighted by atomic mass is 10.0. The van der Waals surface area contributed by atoms with E-state index in [0.717, 1.165) is 27.8 Å². The van der Waals surface area contributed by atoms with E-state index >= 15 is 0 Å². The predicted octanol–water partition coefficient (Wildman–Crippen LogP) is 4.02. The number of aryl methyl sites for hydroxylation is 1. The molecule has 0 spiro atoms. The summed E-state index contributed by atoms with van der Waals surface area (Å²) in [6, 6.07) is 11.5. The fourth-order valence-electron chi connectivity index (χ4n) is 3.38. The van der Waals surface area contributed by atoms with Gasteiger partial charge in [-0.3, -0.25) is 19.7 Å². The molecule has 10 nitrogen and oxygen atoms in total. The average molecular weight is 486 g/mol. The standard InChI is InChI=1S/C23H23N3O7S/c1-13-19(14-7-5-4-6-8-14)20(21(24)27)23(34-13)25-22(28)15-11-17(32-3)18(33-10-9-31-2)12-16(15)26(29)30/h4-8,11-12H,9-10H2,1-3H3,(H2,24,27)(H,25,28). The minimum absolute atomic E-state index is 0.0963. The number of hydrogen-bond donors (Lipinski definition) is 2. The molecule has 0 aliphatic rings. The van der Waals surface area contributed by atoms with E-state index < -0.39 is 22.4 Å². The zero-order chi connectivity index (χ0) is 24.8. The minimum atomic E-state index is -0.795. The van der Waals surface area contributed by atoms with Gasteiger partial charge in [0.1, 0.15) is 17.2 Å². The quantitative estimate of drug-likeness (QED) is 0.251. The number of nitrogens with zero attached hydrogens (tertiary/aromatic N) is 1. The van der Waals surface area contributed by atoms with Crippen molar-refractivity contribution in [3.05, 3.63) is 68.6 Å². The molecule has 0 bridgehead atoms. The summed E-state index contributed by atoms with van der Waals surface area (Å²) in [5, 5.41) is 14.5. The molecule has 2 aromatic carbocycles. The highest BCUT2D eigenvalue weighted by molar-refractivity contribution is 7.17. The van der Waals surface area contributed by atoms with Crippen LogP contribution in [0.4, 0.5) is 10.7 Å². The Morgan fingerprint density at radius 1 is 1.12 bits per heavy atom. The first-order valence-corrected chi connectivity index (χ1v) is 10.9. The third kappa shape index (κ3) is 5.16. The third-order valence-corrected chi connectivity index (χ3v) is 5.91. The summed E-state index contributed by atoms with van der Waals surface area (Å²) in [5.41, 5.74) is 6.39. The van der Waals surface area contributed by atoms with Gasteiger partial charge in [0.05, 0.1) is 30.3 Å². The molecule has 3 rings (SSSR count). The van der Waals surface area contributed by atoms with Crippen LogP contribution in [0.3, 0.4) is 0 Å². The van der Waals surface area contributed by atoms with Crippen LogP contribution in [-0.4, -0.2) is 44.2 Å². The van der Waals surface area contributed by atoms with Crippen LogP contribution in [0.2, 0.25) is 0 Å². The van der Waals surface area contributed by atoms with Gasteiger partial charge < -0.3 is 25.3 Å². The van der Waals surface area contributed by atoms with Gasteiger partial charge in [0.2, 0.25) is 0 Å². The second kappa shape index (κ2) is 10.8. The number of rotatable bonds is 10. The van der Waals surface area contributed by atoms with Gasteiger partial charge in [-0.05, 0) is 12.5 Å². The van der Waals surface area contributed by atoms with Gasteiger partial charge >= 0.3 is 0 Å². The highest BCUT2D eigenvalue weighted by atomic mass is 32.1. The number of primary amides is 1. The Labute approximate surface area is 199 Å². The number of thiophene rings is 1. The molecular weight excluding hydrogens is 462 g/mol. The Hall–Kier alpha value is -3.96. The van der Waals surface area contributed by atoms with E-state index in [1.54, 1.807) is 6.92 Å². The van der Waals surface area contributed by atoms with E-state index in [9.17, 15) is 19.7 Å². The summed E-state index contributed by atoms with van der Waals surface area (Å²) in [6.07, 6.45) is 0. The molecule has 0 aliphatic carbocycles. The van der Waals surface area contributed by atoms with Gasteiger partial charge in [-0.2, -0.15) is 0 Å². The number of hydrogen-bond acceptors (Lipinski definition) is 8. The van der Waals surface area contributed by atoms with Crippen molar-refractivity contribution < 1.29 is 28.7 Å². The van der Waals surface area contributed by atoms with Crippen molar-refractivity contribution in [3.63, 3.8) is 0 Å². The van der Waals surface area contributed by atoms with E-state index in [1.807, 2.05) is 30.3 Å². The monoisotopic (exact) mass is 485 g/mol. The maximum absolute atomic E-state index is 13.1. The number of benzene rings is 2. The molecule has 0 aliphatic heterocycles. The van der Waals surface area contributed by atoms with E-state index in [4.69, 9.17) is 19.9 Å². The van der Waals surface area contributed by atoms with Gasteiger partial charge in [0.25, 0.3) is 17.5 Å². The highest BCUT2D eigenvalue weighted by Gasteiger charge is 2.28. The van der Waals surface area contributed by atoms with Crippen LogP contribution in [0.1, 0.15) is 25.6 Å². The third-order valence-electron chi connectivity index (χ3n) is 4.89. The van der Waals surface area contributed by atoms with Crippen molar-refractivity contribution in [2.24, 2.45) is 5.73 Å². The molecular formula is C23H23N3O7S. The predicted molar refractivity (Wildman–Crippen MR) is 128 cm³/mol. The number of methoxy groups -OCH3 is 2. The van der Waals surface area contributed by atoms with Crippen molar-refractivity contribution in [1.82, 2.24) is 0 Å². The number of anilines is 1. The summed E-state index contributed by atoms with van der Waals surface area (Å²) >= 11 is 1.16. The maximum atomic E-state index is 13.1. The molecule has 1 heterocycles. The molecule has 0 saturated carbocycles. The SMILES string of the molecule is COCCOc1cc([N+](=O)[O-])c(C(=O)Nc2sc(C)c(-c3ccccc3)c2C(N)=O)cc1OC. The Morgan fingerprint density at radius 3 is 2.41 bits per heavy atom. The lowest BCUT2D eigenvalue weighted by Gasteiger charge is -2.13. The molecule has 0 saturated heterocycles. The fourth-order valence-corrected chi connectivity index (χ4v) is 4.46. The Bertz CT molecular complexity index is 1230. The van der Waals surface area contributed by atoms with Gasteiger partial charge in [-0.25, -0.2) is 0 Å². The number of amides is 2. The van der Waals surface area contributed by atoms with E-state index in [0.29, 0.717) is 5.56 Å². The molecule has 0 atom stereocenters. The van der Waals surface area contributed by atoms with Gasteiger partial charge in [0.15, 0.2) is 11.5 Å². The van der Waals surface area contributed by atoms with E-state index in [1.165, 1.54) is 20.3 Å². The van der Waals surface area contributed by atoms with Crippen molar-refractivity contribution in [2.45, 2.75) is 6.92 Å². The highest BCUT2D eigenvalue weighted by Crippen LogP contribution is 2.41. The number of carbonyl (C=O) groups is 2. The zero-order valence-corrected chi connectivity index (χ0v) is 19.6. The van der Waals surface area contributed by atoms with Crippen LogP contribution in [-0.2, 0) is 4.74 Å². The largest absolute Gasteiger partial charge is 0.493 e. The molecule has 11 heteroatoms. The normalized spacial score (nSPS) is 10.6. The van der Waals surface area contributed by atoms with Crippen LogP contribution in [0, 0.1) is 17.0 Å². The number of nitro groups is 1. The van der Waals surface area contributed by atoms with Crippen LogP contribution in [0.15, 0.2) is 42.5 Å². The van der Waals surface area contributed by atoms with Crippen LogP contribution < -0.4 is 20.5 Å². The van der Waals surface area contributed by atoms with E-state index in [-0.39, 0.29) is 40.8 Å². The molecule has 1 aromatic heterocycles.